The zero-order valence-electron chi connectivity index (χ0n) is 9.24. The lowest BCUT2D eigenvalue weighted by atomic mass is 10.2. The van der Waals surface area contributed by atoms with E-state index in [1.54, 1.807) is 0 Å². The smallest absolute Gasteiger partial charge is 0.188 e. The van der Waals surface area contributed by atoms with Crippen molar-refractivity contribution in [3.63, 3.8) is 0 Å². The van der Waals surface area contributed by atoms with Gasteiger partial charge in [-0.15, -0.1) is 24.0 Å². The summed E-state index contributed by atoms with van der Waals surface area (Å²) in [6.07, 6.45) is 1.04. The predicted molar refractivity (Wildman–Crippen MR) is 80.5 cm³/mol. The Morgan fingerprint density at radius 2 is 2.00 bits per heavy atom. The van der Waals surface area contributed by atoms with Crippen LogP contribution in [0.4, 0.5) is 0 Å². The van der Waals surface area contributed by atoms with Crippen LogP contribution in [0, 0.1) is 0 Å². The van der Waals surface area contributed by atoms with E-state index in [-0.39, 0.29) is 24.0 Å². The molecule has 16 heavy (non-hydrogen) atoms. The number of nitrogens with two attached hydrogens (primary N) is 1. The minimum absolute atomic E-state index is 0. The van der Waals surface area contributed by atoms with Crippen LogP contribution in [-0.2, 0) is 6.54 Å². The Kier molecular flexibility index (Phi) is 8.37. The molecule has 0 atom stereocenters. The highest BCUT2D eigenvalue weighted by Gasteiger charge is 1.93. The number of hydrogen-bond acceptors (Lipinski definition) is 1. The number of benzene rings is 1. The van der Waals surface area contributed by atoms with Crippen LogP contribution >= 0.6 is 35.6 Å². The third-order valence-corrected chi connectivity index (χ3v) is 2.15. The third-order valence-electron chi connectivity index (χ3n) is 1.90. The molecular formula is C11H17ClIN3. The SMILES string of the molecule is CCCNC(N)=NCc1ccc(Cl)cc1.I. The molecule has 0 aliphatic carbocycles. The molecule has 1 rings (SSSR count). The molecule has 0 radical (unpaired) electrons. The van der Waals surface area contributed by atoms with Gasteiger partial charge in [0.2, 0.25) is 0 Å². The topological polar surface area (TPSA) is 50.4 Å². The van der Waals surface area contributed by atoms with Crippen LogP contribution in [0.1, 0.15) is 18.9 Å². The van der Waals surface area contributed by atoms with Crippen molar-refractivity contribution in [2.45, 2.75) is 19.9 Å². The molecule has 0 aromatic heterocycles. The average molecular weight is 354 g/mol. The number of aliphatic imine (C=N–C) groups is 1. The highest BCUT2D eigenvalue weighted by molar-refractivity contribution is 14.0. The molecule has 90 valence electrons. The number of nitrogens with one attached hydrogen (secondary N) is 1. The normalized spacial score (nSPS) is 10.8. The van der Waals surface area contributed by atoms with Gasteiger partial charge in [0.15, 0.2) is 5.96 Å². The van der Waals surface area contributed by atoms with E-state index in [1.165, 1.54) is 0 Å². The number of halogens is 2. The van der Waals surface area contributed by atoms with Gasteiger partial charge < -0.3 is 11.1 Å². The van der Waals surface area contributed by atoms with E-state index in [0.29, 0.717) is 12.5 Å². The van der Waals surface area contributed by atoms with Crippen molar-refractivity contribution < 1.29 is 0 Å². The summed E-state index contributed by atoms with van der Waals surface area (Å²) in [5.74, 6) is 0.492. The van der Waals surface area contributed by atoms with Crippen molar-refractivity contribution in [1.82, 2.24) is 5.32 Å². The van der Waals surface area contributed by atoms with E-state index in [1.807, 2.05) is 24.3 Å². The van der Waals surface area contributed by atoms with Gasteiger partial charge in [-0.2, -0.15) is 0 Å². The Morgan fingerprint density at radius 3 is 2.56 bits per heavy atom. The largest absolute Gasteiger partial charge is 0.370 e. The van der Waals surface area contributed by atoms with Crippen LogP contribution < -0.4 is 11.1 Å². The maximum atomic E-state index is 5.77. The molecule has 3 nitrogen and oxygen atoms in total. The summed E-state index contributed by atoms with van der Waals surface area (Å²) in [4.78, 5) is 4.20. The second-order valence-corrected chi connectivity index (χ2v) is 3.69. The Labute approximate surface area is 118 Å². The van der Waals surface area contributed by atoms with Crippen LogP contribution in [0.3, 0.4) is 0 Å². The zero-order chi connectivity index (χ0) is 11.1. The lowest BCUT2D eigenvalue weighted by Gasteiger charge is -2.03. The number of nitrogens with zero attached hydrogens (tertiary/aromatic N) is 1. The van der Waals surface area contributed by atoms with E-state index in [0.717, 1.165) is 23.6 Å². The Bertz CT molecular complexity index is 325. The summed E-state index contributed by atoms with van der Waals surface area (Å²) >= 11 is 5.77. The molecule has 1 aromatic rings. The number of rotatable bonds is 4. The van der Waals surface area contributed by atoms with Gasteiger partial charge in [-0.3, -0.25) is 0 Å². The van der Waals surface area contributed by atoms with Gasteiger partial charge >= 0.3 is 0 Å². The molecule has 5 heteroatoms. The van der Waals surface area contributed by atoms with Crippen LogP contribution in [0.25, 0.3) is 0 Å². The first-order valence-electron chi connectivity index (χ1n) is 5.00. The molecule has 0 aliphatic rings. The molecule has 1 aromatic carbocycles. The van der Waals surface area contributed by atoms with Gasteiger partial charge in [-0.25, -0.2) is 4.99 Å². The first-order valence-corrected chi connectivity index (χ1v) is 5.38. The second kappa shape index (κ2) is 8.64. The summed E-state index contributed by atoms with van der Waals surface area (Å²) in [5, 5.41) is 3.75. The van der Waals surface area contributed by atoms with Crippen molar-refractivity contribution >= 4 is 41.5 Å². The van der Waals surface area contributed by atoms with Crippen molar-refractivity contribution in [2.75, 3.05) is 6.54 Å². The Morgan fingerprint density at radius 1 is 1.38 bits per heavy atom. The molecule has 0 unspecified atom stereocenters. The molecule has 0 saturated carbocycles. The number of guanidine groups is 1. The van der Waals surface area contributed by atoms with Crippen molar-refractivity contribution in [2.24, 2.45) is 10.7 Å². The second-order valence-electron chi connectivity index (χ2n) is 3.25. The highest BCUT2D eigenvalue weighted by atomic mass is 127. The highest BCUT2D eigenvalue weighted by Crippen LogP contribution is 2.09. The van der Waals surface area contributed by atoms with E-state index in [9.17, 15) is 0 Å². The average Bonchev–Trinajstić information content (AvgIpc) is 2.25. The summed E-state index contributed by atoms with van der Waals surface area (Å²) in [5.41, 5.74) is 6.75. The van der Waals surface area contributed by atoms with Crippen molar-refractivity contribution in [3.8, 4) is 0 Å². The van der Waals surface area contributed by atoms with Gasteiger partial charge in [0.05, 0.1) is 6.54 Å². The van der Waals surface area contributed by atoms with Crippen molar-refractivity contribution in [1.29, 1.82) is 0 Å². The molecular weight excluding hydrogens is 336 g/mol. The monoisotopic (exact) mass is 353 g/mol. The van der Waals surface area contributed by atoms with E-state index < -0.39 is 0 Å². The third kappa shape index (κ3) is 6.17. The van der Waals surface area contributed by atoms with Gasteiger partial charge in [0, 0.05) is 11.6 Å². The van der Waals surface area contributed by atoms with Crippen LogP contribution in [0.2, 0.25) is 5.02 Å². The van der Waals surface area contributed by atoms with Gasteiger partial charge in [0.1, 0.15) is 0 Å². The Balaban J connectivity index is 0.00000225. The first-order chi connectivity index (χ1) is 7.22. The minimum atomic E-state index is 0. The van der Waals surface area contributed by atoms with Crippen molar-refractivity contribution in [3.05, 3.63) is 34.9 Å². The molecule has 3 N–H and O–H groups in total. The first kappa shape index (κ1) is 15.5. The molecule has 0 aliphatic heterocycles. The standard InChI is InChI=1S/C11H16ClN3.HI/c1-2-7-14-11(13)15-8-9-3-5-10(12)6-4-9;/h3-6H,2,7-8H2,1H3,(H3,13,14,15);1H. The molecule has 0 spiro atoms. The zero-order valence-corrected chi connectivity index (χ0v) is 12.3. The summed E-state index contributed by atoms with van der Waals surface area (Å²) in [6, 6.07) is 7.59. The van der Waals surface area contributed by atoms with E-state index in [4.69, 9.17) is 17.3 Å². The fourth-order valence-electron chi connectivity index (χ4n) is 1.08. The van der Waals surface area contributed by atoms with Gasteiger partial charge in [-0.05, 0) is 24.1 Å². The van der Waals surface area contributed by atoms with Gasteiger partial charge in [0.25, 0.3) is 0 Å². The Hall–Kier alpha value is -0.490. The maximum Gasteiger partial charge on any atom is 0.188 e. The van der Waals surface area contributed by atoms with Crippen LogP contribution in [0.5, 0.6) is 0 Å². The lowest BCUT2D eigenvalue weighted by Crippen LogP contribution is -2.32. The van der Waals surface area contributed by atoms with Crippen LogP contribution in [0.15, 0.2) is 29.3 Å². The maximum absolute atomic E-state index is 5.77. The van der Waals surface area contributed by atoms with Gasteiger partial charge in [-0.1, -0.05) is 30.7 Å². The molecule has 0 bridgehead atoms. The quantitative estimate of drug-likeness (QED) is 0.497. The molecule has 0 saturated heterocycles. The summed E-state index contributed by atoms with van der Waals surface area (Å²) < 4.78 is 0. The number of hydrogen-bond donors (Lipinski definition) is 2. The van der Waals surface area contributed by atoms with E-state index in [2.05, 4.69) is 17.2 Å². The molecule has 0 fully saturated rings. The van der Waals surface area contributed by atoms with E-state index >= 15 is 0 Å². The predicted octanol–water partition coefficient (Wildman–Crippen LogP) is 2.77. The fraction of sp³-hybridized carbons (Fsp3) is 0.364. The molecule has 0 heterocycles. The fourth-order valence-corrected chi connectivity index (χ4v) is 1.20. The minimum Gasteiger partial charge on any atom is -0.370 e. The van der Waals surface area contributed by atoms with Crippen LogP contribution in [-0.4, -0.2) is 12.5 Å². The lowest BCUT2D eigenvalue weighted by molar-refractivity contribution is 0.825. The summed E-state index contributed by atoms with van der Waals surface area (Å²) in [6.45, 7) is 3.52. The summed E-state index contributed by atoms with van der Waals surface area (Å²) in [7, 11) is 0. The molecule has 0 amide bonds.